The second kappa shape index (κ2) is 13.4. The molecule has 3 aliphatic rings. The van der Waals surface area contributed by atoms with Gasteiger partial charge in [-0.3, -0.25) is 19.3 Å². The molecule has 0 spiro atoms. The topological polar surface area (TPSA) is 144 Å². The smallest absolute Gasteiger partial charge is 0.242 e. The first-order valence-corrected chi connectivity index (χ1v) is 19.1. The number of amides is 3. The van der Waals surface area contributed by atoms with Crippen molar-refractivity contribution in [1.82, 2.24) is 24.3 Å². The molecule has 0 saturated carbocycles. The summed E-state index contributed by atoms with van der Waals surface area (Å²) in [5.74, 6) is -1.44. The van der Waals surface area contributed by atoms with Crippen LogP contribution in [0.25, 0.3) is 10.8 Å². The first-order valence-electron chi connectivity index (χ1n) is 14.8. The van der Waals surface area contributed by atoms with Crippen LogP contribution in [0.15, 0.2) is 45.8 Å². The number of rotatable bonds is 9. The molecule has 44 heavy (non-hydrogen) atoms. The molecular formula is C29H38BrN5O7S2. The number of hydrogen-bond donors (Lipinski definition) is 1. The summed E-state index contributed by atoms with van der Waals surface area (Å²) in [4.78, 5) is 46.1. The lowest BCUT2D eigenvalue weighted by atomic mass is 10.1. The number of hydrogen-bond acceptors (Lipinski definition) is 8. The summed E-state index contributed by atoms with van der Waals surface area (Å²) in [6.45, 7) is 3.56. The predicted octanol–water partition coefficient (Wildman–Crippen LogP) is 1.05. The van der Waals surface area contributed by atoms with Crippen LogP contribution in [0.5, 0.6) is 0 Å². The van der Waals surface area contributed by atoms with Gasteiger partial charge in [0.2, 0.25) is 27.7 Å². The predicted molar refractivity (Wildman–Crippen MR) is 169 cm³/mol. The molecule has 15 heteroatoms. The number of carbonyl (C=O) groups is 3. The second-order valence-corrected chi connectivity index (χ2v) is 16.6. The van der Waals surface area contributed by atoms with Crippen LogP contribution in [-0.2, 0) is 34.2 Å². The zero-order valence-electron chi connectivity index (χ0n) is 24.7. The highest BCUT2D eigenvalue weighted by Gasteiger charge is 2.37. The van der Waals surface area contributed by atoms with Crippen LogP contribution < -0.4 is 4.72 Å². The summed E-state index contributed by atoms with van der Waals surface area (Å²) >= 11 is 3.42. The van der Waals surface area contributed by atoms with E-state index >= 15 is 0 Å². The Morgan fingerprint density at radius 1 is 0.886 bits per heavy atom. The molecule has 12 nitrogen and oxygen atoms in total. The summed E-state index contributed by atoms with van der Waals surface area (Å²) < 4.78 is 52.9. The number of benzene rings is 2. The fourth-order valence-electron chi connectivity index (χ4n) is 6.23. The Balaban J connectivity index is 1.15. The Bertz CT molecular complexity index is 1640. The number of halogens is 1. The molecule has 240 valence electrons. The molecule has 0 radical (unpaired) electrons. The van der Waals surface area contributed by atoms with E-state index in [1.54, 1.807) is 17.0 Å². The number of sulfone groups is 1. The third-order valence-corrected chi connectivity index (χ3v) is 11.2. The van der Waals surface area contributed by atoms with E-state index in [2.05, 4.69) is 25.6 Å². The Labute approximate surface area is 266 Å². The molecule has 2 atom stereocenters. The minimum atomic E-state index is -3.97. The lowest BCUT2D eigenvalue weighted by molar-refractivity contribution is -0.143. The molecule has 0 aromatic heterocycles. The molecule has 5 rings (SSSR count). The maximum Gasteiger partial charge on any atom is 0.242 e. The van der Waals surface area contributed by atoms with Gasteiger partial charge in [0.25, 0.3) is 0 Å². The summed E-state index contributed by atoms with van der Waals surface area (Å²) in [5.41, 5.74) is 0. The lowest BCUT2D eigenvalue weighted by Crippen LogP contribution is -2.56. The van der Waals surface area contributed by atoms with Crippen LogP contribution in [-0.4, -0.2) is 131 Å². The monoisotopic (exact) mass is 711 g/mol. The van der Waals surface area contributed by atoms with Gasteiger partial charge in [-0.2, -0.15) is 4.72 Å². The van der Waals surface area contributed by atoms with Gasteiger partial charge in [0.1, 0.15) is 11.8 Å². The molecule has 0 aliphatic carbocycles. The second-order valence-electron chi connectivity index (χ2n) is 11.9. The highest BCUT2D eigenvalue weighted by molar-refractivity contribution is 9.10. The Morgan fingerprint density at radius 2 is 1.57 bits per heavy atom. The van der Waals surface area contributed by atoms with E-state index in [1.807, 2.05) is 23.1 Å². The minimum Gasteiger partial charge on any atom is -0.339 e. The zero-order chi connectivity index (χ0) is 31.6. The fourth-order valence-corrected chi connectivity index (χ4v) is 8.49. The number of nitrogens with zero attached hydrogens (tertiary/aromatic N) is 4. The molecular weight excluding hydrogens is 674 g/mol. The van der Waals surface area contributed by atoms with Crippen molar-refractivity contribution in [3.63, 3.8) is 0 Å². The van der Waals surface area contributed by atoms with E-state index in [1.165, 1.54) is 11.0 Å². The molecule has 2 unspecified atom stereocenters. The zero-order valence-corrected chi connectivity index (χ0v) is 27.9. The summed E-state index contributed by atoms with van der Waals surface area (Å²) in [6, 6.07) is 9.42. The molecule has 3 amide bonds. The Kier molecular flexibility index (Phi) is 10.00. The van der Waals surface area contributed by atoms with Crippen molar-refractivity contribution in [3.8, 4) is 0 Å². The number of fused-ring (bicyclic) bond motifs is 1. The highest BCUT2D eigenvalue weighted by Crippen LogP contribution is 2.25. The van der Waals surface area contributed by atoms with Gasteiger partial charge >= 0.3 is 0 Å². The fraction of sp³-hybridized carbons (Fsp3) is 0.552. The number of nitrogens with one attached hydrogen (secondary N) is 1. The van der Waals surface area contributed by atoms with Crippen LogP contribution in [0.2, 0.25) is 0 Å². The van der Waals surface area contributed by atoms with Crippen LogP contribution in [0.3, 0.4) is 0 Å². The van der Waals surface area contributed by atoms with Gasteiger partial charge in [0, 0.05) is 62.6 Å². The maximum absolute atomic E-state index is 13.4. The van der Waals surface area contributed by atoms with Crippen molar-refractivity contribution in [2.24, 2.45) is 0 Å². The van der Waals surface area contributed by atoms with Crippen molar-refractivity contribution in [1.29, 1.82) is 0 Å². The van der Waals surface area contributed by atoms with Crippen molar-refractivity contribution in [2.45, 2.75) is 42.7 Å². The third kappa shape index (κ3) is 7.97. The molecule has 1 N–H and O–H groups in total. The number of piperazine rings is 1. The average Bonchev–Trinajstić information content (AvgIpc) is 3.42. The molecule has 0 bridgehead atoms. The number of carbonyl (C=O) groups excluding carboxylic acids is 3. The number of likely N-dealkylation sites (tertiary alicyclic amines) is 2. The van der Waals surface area contributed by atoms with E-state index in [0.717, 1.165) is 34.3 Å². The average molecular weight is 713 g/mol. The summed E-state index contributed by atoms with van der Waals surface area (Å²) in [7, 11) is -7.35. The van der Waals surface area contributed by atoms with Gasteiger partial charge in [-0.25, -0.2) is 16.8 Å². The van der Waals surface area contributed by atoms with Gasteiger partial charge < -0.3 is 14.7 Å². The molecule has 3 aliphatic heterocycles. The van der Waals surface area contributed by atoms with E-state index in [0.29, 0.717) is 58.7 Å². The molecule has 3 saturated heterocycles. The van der Waals surface area contributed by atoms with Crippen molar-refractivity contribution >= 4 is 64.3 Å². The normalized spacial score (nSPS) is 22.1. The van der Waals surface area contributed by atoms with Gasteiger partial charge in [-0.15, -0.1) is 0 Å². The minimum absolute atomic E-state index is 0.0245. The molecule has 3 fully saturated rings. The van der Waals surface area contributed by atoms with Gasteiger partial charge in [0.15, 0.2) is 9.84 Å². The maximum atomic E-state index is 13.4. The standard InChI is InChI=1S/C29H38BrN5O7S2/c1-43(39,40)20-28(37)33-14-12-32(13-15-33)18-24-4-2-11-35(24)27(36)19-34-10-3-5-26(29(34)38)31-44(41,42)25-9-7-21-16-23(30)8-6-22(21)17-25/h6-9,16-17,24,26,31H,2-5,10-15,18-20H2,1H3. The van der Waals surface area contributed by atoms with E-state index in [9.17, 15) is 31.2 Å². The molecule has 2 aromatic rings. The summed E-state index contributed by atoms with van der Waals surface area (Å²) in [6.07, 6.45) is 3.66. The Hall–Kier alpha value is -2.59. The van der Waals surface area contributed by atoms with Gasteiger partial charge in [0.05, 0.1) is 11.4 Å². The lowest BCUT2D eigenvalue weighted by Gasteiger charge is -2.38. The van der Waals surface area contributed by atoms with Crippen molar-refractivity contribution in [3.05, 3.63) is 40.9 Å². The number of sulfonamides is 1. The van der Waals surface area contributed by atoms with Gasteiger partial charge in [-0.1, -0.05) is 28.1 Å². The van der Waals surface area contributed by atoms with Crippen LogP contribution in [0.1, 0.15) is 25.7 Å². The van der Waals surface area contributed by atoms with Crippen molar-refractivity contribution in [2.75, 3.05) is 64.4 Å². The molecule has 2 aromatic carbocycles. The van der Waals surface area contributed by atoms with Crippen LogP contribution in [0.4, 0.5) is 0 Å². The molecule has 3 heterocycles. The Morgan fingerprint density at radius 3 is 2.30 bits per heavy atom. The SMILES string of the molecule is CS(=O)(=O)CC(=O)N1CCN(CC2CCCN2C(=O)CN2CCCC(NS(=O)(=O)c3ccc4cc(Br)ccc4c3)C2=O)CC1. The summed E-state index contributed by atoms with van der Waals surface area (Å²) in [5, 5.41) is 1.65. The quantitative estimate of drug-likeness (QED) is 0.407. The first kappa shape index (κ1) is 32.8. The van der Waals surface area contributed by atoms with Crippen molar-refractivity contribution < 1.29 is 31.2 Å². The highest BCUT2D eigenvalue weighted by atomic mass is 79.9. The van der Waals surface area contributed by atoms with E-state index in [-0.39, 0.29) is 29.3 Å². The first-order chi connectivity index (χ1) is 20.8. The largest absolute Gasteiger partial charge is 0.339 e. The van der Waals surface area contributed by atoms with Crippen LogP contribution >= 0.6 is 15.9 Å². The third-order valence-electron chi connectivity index (χ3n) is 8.52. The van der Waals surface area contributed by atoms with E-state index in [4.69, 9.17) is 0 Å². The van der Waals surface area contributed by atoms with Gasteiger partial charge in [-0.05, 0) is 60.7 Å². The number of piperidine rings is 1. The van der Waals surface area contributed by atoms with Crippen LogP contribution in [0, 0.1) is 0 Å². The van der Waals surface area contributed by atoms with E-state index < -0.39 is 37.6 Å².